The number of nitrogens with zero attached hydrogens (tertiary/aromatic N) is 4. The van der Waals surface area contributed by atoms with Crippen LogP contribution in [0.4, 0.5) is 0 Å². The molecule has 1 heterocycles. The summed E-state index contributed by atoms with van der Waals surface area (Å²) in [5.74, 6) is 1.41. The number of esters is 1. The van der Waals surface area contributed by atoms with Gasteiger partial charge in [0, 0.05) is 19.0 Å². The Morgan fingerprint density at radius 3 is 2.40 bits per heavy atom. The fourth-order valence-corrected chi connectivity index (χ4v) is 6.73. The molecule has 1 unspecified atom stereocenters. The largest absolute Gasteiger partial charge is 0.489 e. The molecule has 4 aromatic carbocycles. The van der Waals surface area contributed by atoms with Crippen molar-refractivity contribution in [1.29, 1.82) is 0 Å². The van der Waals surface area contributed by atoms with Crippen LogP contribution in [0.5, 0.6) is 5.75 Å². The molecule has 1 aliphatic carbocycles. The third-order valence-corrected chi connectivity index (χ3v) is 9.38. The highest BCUT2D eigenvalue weighted by Gasteiger charge is 2.27. The molecule has 248 valence electrons. The summed E-state index contributed by atoms with van der Waals surface area (Å²) in [6.07, 6.45) is 8.93. The smallest absolute Gasteiger partial charge is 0.337 e. The number of hydrogen-bond acceptors (Lipinski definition) is 7. The maximum absolute atomic E-state index is 12.3. The maximum Gasteiger partial charge on any atom is 0.337 e. The molecule has 0 aliphatic heterocycles. The summed E-state index contributed by atoms with van der Waals surface area (Å²) in [5, 5.41) is 14.5. The van der Waals surface area contributed by atoms with Crippen molar-refractivity contribution < 1.29 is 14.3 Å². The minimum absolute atomic E-state index is 0.283. The van der Waals surface area contributed by atoms with Gasteiger partial charge in [-0.05, 0) is 109 Å². The van der Waals surface area contributed by atoms with Crippen LogP contribution in [0.15, 0.2) is 97.1 Å². The molecule has 0 fully saturated rings. The first kappa shape index (κ1) is 33.1. The zero-order chi connectivity index (χ0) is 33.0. The number of aromatic nitrogens is 4. The zero-order valence-corrected chi connectivity index (χ0v) is 27.8. The first-order valence-electron chi connectivity index (χ1n) is 17.2. The monoisotopic (exact) mass is 643 g/mol. The Balaban J connectivity index is 1.10. The summed E-state index contributed by atoms with van der Waals surface area (Å²) in [6.45, 7) is 2.40. The molecule has 8 heteroatoms. The van der Waals surface area contributed by atoms with E-state index >= 15 is 0 Å². The number of aromatic amines is 1. The lowest BCUT2D eigenvalue weighted by Gasteiger charge is -2.36. The lowest BCUT2D eigenvalue weighted by Crippen LogP contribution is -2.34. The van der Waals surface area contributed by atoms with Crippen LogP contribution in [0.2, 0.25) is 0 Å². The van der Waals surface area contributed by atoms with Gasteiger partial charge in [0.25, 0.3) is 0 Å². The SMILES string of the molecule is COC(=O)c1ccc2c(c1)CCCC2N(CCCCc1nn[nH]n1)CCc1ccccc1OCc1ccc(CCc2ccccc2)cc1. The van der Waals surface area contributed by atoms with E-state index in [1.54, 1.807) is 0 Å². The van der Waals surface area contributed by atoms with Crippen LogP contribution in [0.3, 0.4) is 0 Å². The second-order valence-electron chi connectivity index (χ2n) is 12.6. The van der Waals surface area contributed by atoms with Crippen molar-refractivity contribution in [2.24, 2.45) is 0 Å². The summed E-state index contributed by atoms with van der Waals surface area (Å²) < 4.78 is 11.4. The predicted octanol–water partition coefficient (Wildman–Crippen LogP) is 7.30. The highest BCUT2D eigenvalue weighted by Crippen LogP contribution is 2.36. The van der Waals surface area contributed by atoms with E-state index in [0.717, 1.165) is 82.5 Å². The summed E-state index contributed by atoms with van der Waals surface area (Å²) in [6, 6.07) is 34.3. The Labute approximate surface area is 283 Å². The normalized spacial score (nSPS) is 14.1. The third kappa shape index (κ3) is 8.95. The summed E-state index contributed by atoms with van der Waals surface area (Å²) in [4.78, 5) is 14.9. The van der Waals surface area contributed by atoms with Gasteiger partial charge in [-0.2, -0.15) is 5.21 Å². The molecule has 0 bridgehead atoms. The Morgan fingerprint density at radius 1 is 0.833 bits per heavy atom. The molecule has 5 aromatic rings. The Morgan fingerprint density at radius 2 is 1.60 bits per heavy atom. The van der Waals surface area contributed by atoms with E-state index in [4.69, 9.17) is 9.47 Å². The lowest BCUT2D eigenvalue weighted by atomic mass is 9.85. The number of ether oxygens (including phenoxy) is 2. The maximum atomic E-state index is 12.3. The minimum atomic E-state index is -0.283. The molecular formula is C40H45N5O3. The van der Waals surface area contributed by atoms with E-state index in [9.17, 15) is 4.79 Å². The van der Waals surface area contributed by atoms with Crippen LogP contribution in [-0.2, 0) is 43.4 Å². The van der Waals surface area contributed by atoms with Gasteiger partial charge in [-0.3, -0.25) is 4.90 Å². The first-order chi connectivity index (χ1) is 23.7. The molecule has 1 aromatic heterocycles. The highest BCUT2D eigenvalue weighted by atomic mass is 16.5. The molecule has 0 amide bonds. The molecule has 1 aliphatic rings. The summed E-state index contributed by atoms with van der Waals surface area (Å²) >= 11 is 0. The van der Waals surface area contributed by atoms with Gasteiger partial charge in [0.05, 0.1) is 12.7 Å². The van der Waals surface area contributed by atoms with E-state index in [1.807, 2.05) is 12.1 Å². The van der Waals surface area contributed by atoms with Crippen molar-refractivity contribution in [3.8, 4) is 5.75 Å². The average molecular weight is 644 g/mol. The summed E-state index contributed by atoms with van der Waals surface area (Å²) in [7, 11) is 1.44. The van der Waals surface area contributed by atoms with Crippen LogP contribution < -0.4 is 4.74 Å². The quantitative estimate of drug-likeness (QED) is 0.0891. The number of tetrazole rings is 1. The Hall–Kier alpha value is -4.82. The van der Waals surface area contributed by atoms with Gasteiger partial charge in [0.1, 0.15) is 12.4 Å². The number of nitrogens with one attached hydrogen (secondary N) is 1. The molecule has 0 saturated heterocycles. The van der Waals surface area contributed by atoms with E-state index in [0.29, 0.717) is 18.2 Å². The van der Waals surface area contributed by atoms with E-state index in [2.05, 4.69) is 110 Å². The molecule has 6 rings (SSSR count). The van der Waals surface area contributed by atoms with Gasteiger partial charge in [0.15, 0.2) is 5.82 Å². The fourth-order valence-electron chi connectivity index (χ4n) is 6.73. The fraction of sp³-hybridized carbons (Fsp3) is 0.350. The number of para-hydroxylation sites is 1. The lowest BCUT2D eigenvalue weighted by molar-refractivity contribution is 0.0600. The number of H-pyrrole nitrogens is 1. The van der Waals surface area contributed by atoms with Crippen molar-refractivity contribution in [2.75, 3.05) is 20.2 Å². The average Bonchev–Trinajstić information content (AvgIpc) is 3.67. The van der Waals surface area contributed by atoms with Gasteiger partial charge in [-0.1, -0.05) is 84.1 Å². The Kier molecular flexibility index (Phi) is 11.6. The van der Waals surface area contributed by atoms with Gasteiger partial charge in [-0.15, -0.1) is 10.2 Å². The molecule has 0 radical (unpaired) electrons. The van der Waals surface area contributed by atoms with Gasteiger partial charge in [0.2, 0.25) is 0 Å². The molecule has 8 nitrogen and oxygen atoms in total. The predicted molar refractivity (Wildman–Crippen MR) is 187 cm³/mol. The number of unbranched alkanes of at least 4 members (excludes halogenated alkanes) is 1. The van der Waals surface area contributed by atoms with Crippen molar-refractivity contribution in [3.05, 3.63) is 142 Å². The Bertz CT molecular complexity index is 1720. The van der Waals surface area contributed by atoms with Crippen molar-refractivity contribution in [3.63, 3.8) is 0 Å². The minimum Gasteiger partial charge on any atom is -0.489 e. The molecule has 0 spiro atoms. The molecule has 1 N–H and O–H groups in total. The van der Waals surface area contributed by atoms with E-state index in [1.165, 1.54) is 40.5 Å². The zero-order valence-electron chi connectivity index (χ0n) is 27.8. The van der Waals surface area contributed by atoms with Crippen LogP contribution in [0.1, 0.15) is 81.3 Å². The molecule has 48 heavy (non-hydrogen) atoms. The number of hydrogen-bond donors (Lipinski definition) is 1. The number of benzene rings is 4. The van der Waals surface area contributed by atoms with Gasteiger partial charge < -0.3 is 9.47 Å². The second kappa shape index (κ2) is 16.8. The van der Waals surface area contributed by atoms with Crippen molar-refractivity contribution >= 4 is 5.97 Å². The topological polar surface area (TPSA) is 93.2 Å². The molecule has 1 atom stereocenters. The molecular weight excluding hydrogens is 598 g/mol. The molecule has 0 saturated carbocycles. The van der Waals surface area contributed by atoms with Gasteiger partial charge in [-0.25, -0.2) is 4.79 Å². The second-order valence-corrected chi connectivity index (χ2v) is 12.6. The number of carbonyl (C=O) groups is 1. The van der Waals surface area contributed by atoms with Crippen molar-refractivity contribution in [2.45, 2.75) is 70.4 Å². The van der Waals surface area contributed by atoms with Crippen LogP contribution >= 0.6 is 0 Å². The van der Waals surface area contributed by atoms with Gasteiger partial charge >= 0.3 is 5.97 Å². The number of fused-ring (bicyclic) bond motifs is 1. The van der Waals surface area contributed by atoms with Crippen LogP contribution in [-0.4, -0.2) is 51.7 Å². The van der Waals surface area contributed by atoms with E-state index < -0.39 is 0 Å². The van der Waals surface area contributed by atoms with Crippen molar-refractivity contribution in [1.82, 2.24) is 25.5 Å². The number of carbonyl (C=O) groups excluding carboxylic acids is 1. The van der Waals surface area contributed by atoms with E-state index in [-0.39, 0.29) is 5.97 Å². The third-order valence-electron chi connectivity index (χ3n) is 9.38. The number of methoxy groups -OCH3 is 1. The van der Waals surface area contributed by atoms with Crippen LogP contribution in [0.25, 0.3) is 0 Å². The summed E-state index contributed by atoms with van der Waals surface area (Å²) in [5.41, 5.74) is 8.28. The standard InChI is InChI=1S/C40H45N5O3/c1-47-40(46)35-23-24-36-34(28-35)13-9-14-37(36)45(26-8-7-16-39-41-43-44-42-39)27-25-33-12-5-6-15-38(33)48-29-32-21-19-31(20-22-32)18-17-30-10-3-2-4-11-30/h2-6,10-12,15,19-24,28,37H,7-9,13-14,16-18,25-27,29H2,1H3,(H,41,42,43,44). The number of aryl methyl sites for hydroxylation is 4. The highest BCUT2D eigenvalue weighted by molar-refractivity contribution is 5.89. The number of rotatable bonds is 16. The first-order valence-corrected chi connectivity index (χ1v) is 17.2. The van der Waals surface area contributed by atoms with Crippen LogP contribution in [0, 0.1) is 0 Å².